The van der Waals surface area contributed by atoms with E-state index in [-0.39, 0.29) is 0 Å². The number of aromatic nitrogens is 3. The predicted octanol–water partition coefficient (Wildman–Crippen LogP) is 13.0. The van der Waals surface area contributed by atoms with Crippen LogP contribution < -0.4 is 0 Å². The van der Waals surface area contributed by atoms with Crippen LogP contribution in [0.5, 0.6) is 0 Å². The van der Waals surface area contributed by atoms with Gasteiger partial charge in [-0.05, 0) is 77.4 Å². The van der Waals surface area contributed by atoms with E-state index in [9.17, 15) is 0 Å². The van der Waals surface area contributed by atoms with Gasteiger partial charge in [-0.25, -0.2) is 4.98 Å². The third-order valence-electron chi connectivity index (χ3n) is 10.5. The van der Waals surface area contributed by atoms with E-state index >= 15 is 0 Å². The Hall–Kier alpha value is -7.17. The van der Waals surface area contributed by atoms with Crippen molar-refractivity contribution in [2.75, 3.05) is 0 Å². The third-order valence-corrected chi connectivity index (χ3v) is 10.5. The molecule has 0 fully saturated rings. The molecule has 0 saturated carbocycles. The lowest BCUT2D eigenvalue weighted by Crippen LogP contribution is -1.98. The molecule has 0 atom stereocenters. The number of furan rings is 1. The van der Waals surface area contributed by atoms with Crippen molar-refractivity contribution in [2.45, 2.75) is 0 Å². The highest BCUT2D eigenvalue weighted by atomic mass is 16.3. The molecule has 11 rings (SSSR count). The molecule has 11 aromatic rings. The zero-order valence-electron chi connectivity index (χ0n) is 28.6. The number of fused-ring (bicyclic) bond motifs is 7. The molecule has 3 heterocycles. The molecule has 4 heteroatoms. The van der Waals surface area contributed by atoms with Crippen LogP contribution >= 0.6 is 0 Å². The average molecular weight is 678 g/mol. The van der Waals surface area contributed by atoms with Crippen molar-refractivity contribution in [3.8, 4) is 45.0 Å². The highest BCUT2D eigenvalue weighted by Crippen LogP contribution is 2.44. The Kier molecular flexibility index (Phi) is 6.52. The first kappa shape index (κ1) is 29.5. The fourth-order valence-electron chi connectivity index (χ4n) is 8.19. The van der Waals surface area contributed by atoms with E-state index < -0.39 is 0 Å². The molecule has 0 amide bonds. The van der Waals surface area contributed by atoms with Gasteiger partial charge >= 0.3 is 0 Å². The summed E-state index contributed by atoms with van der Waals surface area (Å²) in [5.41, 5.74) is 13.6. The largest absolute Gasteiger partial charge is 0.455 e. The van der Waals surface area contributed by atoms with E-state index in [1.165, 1.54) is 21.8 Å². The van der Waals surface area contributed by atoms with E-state index in [1.807, 2.05) is 0 Å². The molecule has 4 nitrogen and oxygen atoms in total. The smallest absolute Gasteiger partial charge is 0.146 e. The number of hydrogen-bond donors (Lipinski definition) is 0. The summed E-state index contributed by atoms with van der Waals surface area (Å²) in [6, 6.07) is 66.5. The highest BCUT2D eigenvalue weighted by molar-refractivity contribution is 6.16. The van der Waals surface area contributed by atoms with Crippen LogP contribution in [0.4, 0.5) is 0 Å². The summed E-state index contributed by atoms with van der Waals surface area (Å²) in [6.07, 6.45) is 0. The van der Waals surface area contributed by atoms with Gasteiger partial charge in [0.15, 0.2) is 0 Å². The number of benzene rings is 8. The molecule has 0 unspecified atom stereocenters. The lowest BCUT2D eigenvalue weighted by molar-refractivity contribution is 0.670. The molecular formula is C49H31N3O. The van der Waals surface area contributed by atoms with E-state index in [0.29, 0.717) is 0 Å². The Bertz CT molecular complexity index is 3110. The van der Waals surface area contributed by atoms with Gasteiger partial charge in [0.05, 0.1) is 22.1 Å². The van der Waals surface area contributed by atoms with Crippen LogP contribution in [0.15, 0.2) is 192 Å². The summed E-state index contributed by atoms with van der Waals surface area (Å²) >= 11 is 0. The molecule has 0 aliphatic carbocycles. The number of nitrogens with zero attached hydrogens (tertiary/aromatic N) is 3. The number of rotatable bonds is 5. The summed E-state index contributed by atoms with van der Waals surface area (Å²) in [6.45, 7) is 0. The van der Waals surface area contributed by atoms with Crippen LogP contribution in [0.25, 0.3) is 99.8 Å². The number of para-hydroxylation sites is 6. The van der Waals surface area contributed by atoms with Gasteiger partial charge < -0.3 is 8.98 Å². The monoisotopic (exact) mass is 677 g/mol. The van der Waals surface area contributed by atoms with Crippen molar-refractivity contribution in [1.29, 1.82) is 0 Å². The lowest BCUT2D eigenvalue weighted by Gasteiger charge is -2.12. The molecule has 3 aromatic heterocycles. The maximum absolute atomic E-state index is 7.01. The quantitative estimate of drug-likeness (QED) is 0.182. The van der Waals surface area contributed by atoms with Crippen molar-refractivity contribution in [3.05, 3.63) is 188 Å². The maximum Gasteiger partial charge on any atom is 0.146 e. The molecule has 0 aliphatic rings. The average Bonchev–Trinajstić information content (AvgIpc) is 3.91. The van der Waals surface area contributed by atoms with E-state index in [2.05, 4.69) is 197 Å². The van der Waals surface area contributed by atoms with Crippen molar-refractivity contribution in [1.82, 2.24) is 14.1 Å². The number of hydrogen-bond acceptors (Lipinski definition) is 2. The van der Waals surface area contributed by atoms with Gasteiger partial charge in [0.25, 0.3) is 0 Å². The SMILES string of the molecule is c1ccc(-c2cc(-c3nc4ccccc4n3-c3ccccc3)c3c(c2)oc2c(-c4cccc(-n5c6ccccc6c6ccccc65)c4)cccc23)cc1. The summed E-state index contributed by atoms with van der Waals surface area (Å²) in [5, 5.41) is 4.60. The van der Waals surface area contributed by atoms with E-state index in [0.717, 1.165) is 78.0 Å². The molecule has 0 bridgehead atoms. The van der Waals surface area contributed by atoms with Crippen molar-refractivity contribution < 1.29 is 4.42 Å². The Balaban J connectivity index is 1.18. The van der Waals surface area contributed by atoms with Gasteiger partial charge in [-0.1, -0.05) is 127 Å². The zero-order valence-corrected chi connectivity index (χ0v) is 28.6. The second-order valence-electron chi connectivity index (χ2n) is 13.6. The topological polar surface area (TPSA) is 35.9 Å². The first-order chi connectivity index (χ1) is 26.3. The van der Waals surface area contributed by atoms with Gasteiger partial charge in [-0.15, -0.1) is 0 Å². The second-order valence-corrected chi connectivity index (χ2v) is 13.6. The summed E-state index contributed by atoms with van der Waals surface area (Å²) in [7, 11) is 0. The van der Waals surface area contributed by atoms with Gasteiger partial charge in [-0.2, -0.15) is 0 Å². The van der Waals surface area contributed by atoms with Crippen molar-refractivity contribution >= 4 is 54.8 Å². The standard InChI is InChI=1S/C49H31N3O/c1-3-15-32(16-4-1)34-30-41(49-50-42-25-9-12-28-45(42)52(49)35-18-5-2-6-19-35)47-40-24-14-23-37(48(40)53-46(47)31-34)33-17-13-20-36(29-33)51-43-26-10-7-21-38(43)39-22-8-11-27-44(39)51/h1-31H. The van der Waals surface area contributed by atoms with E-state index in [4.69, 9.17) is 9.40 Å². The first-order valence-electron chi connectivity index (χ1n) is 18.0. The van der Waals surface area contributed by atoms with Crippen LogP contribution in [0, 0.1) is 0 Å². The Morgan fingerprint density at radius 2 is 1.00 bits per heavy atom. The maximum atomic E-state index is 7.01. The first-order valence-corrected chi connectivity index (χ1v) is 18.0. The van der Waals surface area contributed by atoms with Crippen LogP contribution in [-0.4, -0.2) is 14.1 Å². The normalized spacial score (nSPS) is 11.8. The Morgan fingerprint density at radius 3 is 1.77 bits per heavy atom. The van der Waals surface area contributed by atoms with Gasteiger partial charge in [0.2, 0.25) is 0 Å². The minimum absolute atomic E-state index is 0.828. The molecular weight excluding hydrogens is 647 g/mol. The molecule has 0 saturated heterocycles. The predicted molar refractivity (Wildman–Crippen MR) is 219 cm³/mol. The minimum Gasteiger partial charge on any atom is -0.455 e. The van der Waals surface area contributed by atoms with Gasteiger partial charge in [0.1, 0.15) is 17.0 Å². The fourth-order valence-corrected chi connectivity index (χ4v) is 8.19. The van der Waals surface area contributed by atoms with Crippen LogP contribution in [0.1, 0.15) is 0 Å². The number of imidazole rings is 1. The van der Waals surface area contributed by atoms with Crippen molar-refractivity contribution in [2.24, 2.45) is 0 Å². The van der Waals surface area contributed by atoms with Gasteiger partial charge in [-0.3, -0.25) is 4.57 Å². The third kappa shape index (κ3) is 4.59. The van der Waals surface area contributed by atoms with E-state index in [1.54, 1.807) is 0 Å². The van der Waals surface area contributed by atoms with Crippen LogP contribution in [0.2, 0.25) is 0 Å². The molecule has 248 valence electrons. The zero-order chi connectivity index (χ0) is 34.9. The van der Waals surface area contributed by atoms with Gasteiger partial charge in [0, 0.05) is 44.0 Å². The fraction of sp³-hybridized carbons (Fsp3) is 0. The molecule has 0 radical (unpaired) electrons. The summed E-state index contributed by atoms with van der Waals surface area (Å²) in [4.78, 5) is 5.32. The molecule has 0 aliphatic heterocycles. The lowest BCUT2D eigenvalue weighted by atomic mass is 9.96. The van der Waals surface area contributed by atoms with Crippen molar-refractivity contribution in [3.63, 3.8) is 0 Å². The summed E-state index contributed by atoms with van der Waals surface area (Å²) in [5.74, 6) is 0.877. The molecule has 53 heavy (non-hydrogen) atoms. The van der Waals surface area contributed by atoms with Crippen LogP contribution in [-0.2, 0) is 0 Å². The Labute approximate surface area is 305 Å². The highest BCUT2D eigenvalue weighted by Gasteiger charge is 2.23. The molecule has 0 N–H and O–H groups in total. The summed E-state index contributed by atoms with van der Waals surface area (Å²) < 4.78 is 11.7. The Morgan fingerprint density at radius 1 is 0.396 bits per heavy atom. The molecule has 0 spiro atoms. The minimum atomic E-state index is 0.828. The molecule has 8 aromatic carbocycles. The second kappa shape index (κ2) is 11.7. The van der Waals surface area contributed by atoms with Crippen LogP contribution in [0.3, 0.4) is 0 Å².